The third-order valence-electron chi connectivity index (χ3n) is 5.04. The Labute approximate surface area is 139 Å². The minimum absolute atomic E-state index is 0.190. The highest BCUT2D eigenvalue weighted by atomic mass is 16.5. The van der Waals surface area contributed by atoms with E-state index < -0.39 is 17.4 Å². The van der Waals surface area contributed by atoms with Crippen molar-refractivity contribution in [2.24, 2.45) is 5.92 Å². The van der Waals surface area contributed by atoms with E-state index in [1.165, 1.54) is 7.11 Å². The van der Waals surface area contributed by atoms with Gasteiger partial charge in [-0.05, 0) is 36.6 Å². The summed E-state index contributed by atoms with van der Waals surface area (Å²) in [5, 5.41) is 13.9. The first-order valence-electron chi connectivity index (χ1n) is 7.90. The second-order valence-corrected chi connectivity index (χ2v) is 6.24. The van der Waals surface area contributed by atoms with Crippen LogP contribution in [0.3, 0.4) is 0 Å². The maximum Gasteiger partial charge on any atom is 0.261 e. The molecular formula is C19H17NO4. The van der Waals surface area contributed by atoms with Crippen molar-refractivity contribution < 1.29 is 19.4 Å². The maximum atomic E-state index is 12.9. The van der Waals surface area contributed by atoms with Crippen molar-refractivity contribution in [3.05, 3.63) is 59.2 Å². The Morgan fingerprint density at radius 1 is 1.21 bits per heavy atom. The van der Waals surface area contributed by atoms with Crippen molar-refractivity contribution in [2.45, 2.75) is 18.4 Å². The molecule has 0 bridgehead atoms. The van der Waals surface area contributed by atoms with Crippen LogP contribution in [0.5, 0.6) is 5.75 Å². The molecule has 0 saturated heterocycles. The number of amides is 1. The minimum atomic E-state index is -1.87. The molecule has 4 rings (SSSR count). The van der Waals surface area contributed by atoms with Gasteiger partial charge in [0.15, 0.2) is 11.4 Å². The van der Waals surface area contributed by atoms with E-state index in [1.54, 1.807) is 30.3 Å². The van der Waals surface area contributed by atoms with Crippen molar-refractivity contribution >= 4 is 17.4 Å². The molecule has 5 heteroatoms. The quantitative estimate of drug-likeness (QED) is 0.889. The summed E-state index contributed by atoms with van der Waals surface area (Å²) >= 11 is 0. The average molecular weight is 323 g/mol. The van der Waals surface area contributed by atoms with Gasteiger partial charge in [0.25, 0.3) is 5.91 Å². The summed E-state index contributed by atoms with van der Waals surface area (Å²) in [5.41, 5.74) is 0.617. The third-order valence-corrected chi connectivity index (χ3v) is 5.04. The van der Waals surface area contributed by atoms with Crippen LogP contribution in [0, 0.1) is 5.92 Å². The van der Waals surface area contributed by atoms with E-state index in [-0.39, 0.29) is 5.78 Å². The van der Waals surface area contributed by atoms with Gasteiger partial charge in [0.1, 0.15) is 5.75 Å². The van der Waals surface area contributed by atoms with E-state index in [0.29, 0.717) is 35.4 Å². The highest BCUT2D eigenvalue weighted by molar-refractivity contribution is 6.11. The molecule has 0 saturated carbocycles. The summed E-state index contributed by atoms with van der Waals surface area (Å²) in [7, 11) is 1.52. The van der Waals surface area contributed by atoms with E-state index in [1.807, 2.05) is 12.1 Å². The van der Waals surface area contributed by atoms with E-state index in [9.17, 15) is 14.7 Å². The molecular weight excluding hydrogens is 306 g/mol. The highest BCUT2D eigenvalue weighted by Crippen LogP contribution is 2.46. The molecule has 2 unspecified atom stereocenters. The van der Waals surface area contributed by atoms with Crippen molar-refractivity contribution in [3.63, 3.8) is 0 Å². The van der Waals surface area contributed by atoms with E-state index in [0.717, 1.165) is 5.56 Å². The lowest BCUT2D eigenvalue weighted by Gasteiger charge is -2.33. The topological polar surface area (TPSA) is 75.6 Å². The van der Waals surface area contributed by atoms with Crippen LogP contribution in [-0.2, 0) is 16.8 Å². The molecule has 1 aliphatic heterocycles. The van der Waals surface area contributed by atoms with Gasteiger partial charge in [-0.15, -0.1) is 0 Å². The number of anilines is 1. The number of rotatable bonds is 2. The van der Waals surface area contributed by atoms with Gasteiger partial charge in [-0.3, -0.25) is 9.59 Å². The molecule has 1 aliphatic carbocycles. The molecule has 1 amide bonds. The number of ketones is 1. The minimum Gasteiger partial charge on any atom is -0.497 e. The van der Waals surface area contributed by atoms with Crippen molar-refractivity contribution in [3.8, 4) is 5.75 Å². The molecule has 24 heavy (non-hydrogen) atoms. The molecule has 2 aromatic rings. The van der Waals surface area contributed by atoms with E-state index in [2.05, 4.69) is 5.32 Å². The lowest BCUT2D eigenvalue weighted by atomic mass is 9.71. The molecule has 0 radical (unpaired) electrons. The monoisotopic (exact) mass is 323 g/mol. The van der Waals surface area contributed by atoms with Gasteiger partial charge in [-0.2, -0.15) is 0 Å². The number of carbonyl (C=O) groups is 2. The number of Topliss-reactive ketones (excluding diaryl/α,β-unsaturated/α-hetero) is 1. The number of ether oxygens (including phenoxy) is 1. The average Bonchev–Trinajstić information content (AvgIpc) is 2.86. The number of methoxy groups -OCH3 is 1. The number of hydrogen-bond donors (Lipinski definition) is 2. The largest absolute Gasteiger partial charge is 0.497 e. The zero-order valence-corrected chi connectivity index (χ0v) is 13.2. The van der Waals surface area contributed by atoms with Gasteiger partial charge in [0.05, 0.1) is 13.0 Å². The summed E-state index contributed by atoms with van der Waals surface area (Å²) in [6.07, 6.45) is 1.08. The zero-order chi connectivity index (χ0) is 16.9. The Bertz CT molecular complexity index is 860. The Balaban J connectivity index is 1.82. The summed E-state index contributed by atoms with van der Waals surface area (Å²) in [6, 6.07) is 12.4. The van der Waals surface area contributed by atoms with E-state index in [4.69, 9.17) is 4.74 Å². The van der Waals surface area contributed by atoms with Gasteiger partial charge < -0.3 is 15.2 Å². The van der Waals surface area contributed by atoms with Gasteiger partial charge in [0.2, 0.25) is 0 Å². The first-order chi connectivity index (χ1) is 11.6. The summed E-state index contributed by atoms with van der Waals surface area (Å²) in [4.78, 5) is 25.5. The number of aryl methyl sites for hydroxylation is 1. The fourth-order valence-corrected chi connectivity index (χ4v) is 3.76. The predicted molar refractivity (Wildman–Crippen MR) is 88.1 cm³/mol. The van der Waals surface area contributed by atoms with Gasteiger partial charge >= 0.3 is 0 Å². The standard InChI is InChI=1S/C19H17NO4/c1-24-12-7-9-16-15(10-12)19(23,18(22)20-16)14-8-6-11-4-2-3-5-13(11)17(14)21/h2-5,7,9-10,14,23H,6,8H2,1H3,(H,20,22). The Kier molecular flexibility index (Phi) is 3.21. The molecule has 0 spiro atoms. The second kappa shape index (κ2) is 5.18. The van der Waals surface area contributed by atoms with Crippen LogP contribution >= 0.6 is 0 Å². The smallest absolute Gasteiger partial charge is 0.261 e. The van der Waals surface area contributed by atoms with Gasteiger partial charge in [0, 0.05) is 16.8 Å². The summed E-state index contributed by atoms with van der Waals surface area (Å²) < 4.78 is 5.20. The molecule has 2 aromatic carbocycles. The molecule has 0 aromatic heterocycles. The van der Waals surface area contributed by atoms with Gasteiger partial charge in [-0.1, -0.05) is 24.3 Å². The summed E-state index contributed by atoms with van der Waals surface area (Å²) in [5.74, 6) is -1.01. The SMILES string of the molecule is COc1ccc2c(c1)C(O)(C1CCc3ccccc3C1=O)C(=O)N2. The van der Waals surface area contributed by atoms with Crippen LogP contribution in [0.1, 0.15) is 27.9 Å². The number of aliphatic hydroxyl groups is 1. The number of hydrogen-bond acceptors (Lipinski definition) is 4. The Morgan fingerprint density at radius 3 is 2.79 bits per heavy atom. The molecule has 5 nitrogen and oxygen atoms in total. The number of carbonyl (C=O) groups excluding carboxylic acids is 2. The predicted octanol–water partition coefficient (Wildman–Crippen LogP) is 2.28. The highest BCUT2D eigenvalue weighted by Gasteiger charge is 2.54. The lowest BCUT2D eigenvalue weighted by Crippen LogP contribution is -2.47. The molecule has 2 N–H and O–H groups in total. The van der Waals surface area contributed by atoms with Crippen molar-refractivity contribution in [1.82, 2.24) is 0 Å². The number of fused-ring (bicyclic) bond motifs is 2. The number of nitrogens with one attached hydrogen (secondary N) is 1. The van der Waals surface area contributed by atoms with Crippen LogP contribution in [0.15, 0.2) is 42.5 Å². The van der Waals surface area contributed by atoms with Crippen LogP contribution in [-0.4, -0.2) is 23.9 Å². The zero-order valence-electron chi connectivity index (χ0n) is 13.2. The first-order valence-corrected chi connectivity index (χ1v) is 7.90. The van der Waals surface area contributed by atoms with Crippen LogP contribution in [0.25, 0.3) is 0 Å². The fourth-order valence-electron chi connectivity index (χ4n) is 3.76. The maximum absolute atomic E-state index is 12.9. The molecule has 122 valence electrons. The normalized spacial score (nSPS) is 25.0. The molecule has 1 heterocycles. The van der Waals surface area contributed by atoms with E-state index >= 15 is 0 Å². The van der Waals surface area contributed by atoms with Crippen molar-refractivity contribution in [2.75, 3.05) is 12.4 Å². The summed E-state index contributed by atoms with van der Waals surface area (Å²) in [6.45, 7) is 0. The van der Waals surface area contributed by atoms with Crippen molar-refractivity contribution in [1.29, 1.82) is 0 Å². The number of benzene rings is 2. The first kappa shape index (κ1) is 14.9. The van der Waals surface area contributed by atoms with Crippen LogP contribution in [0.2, 0.25) is 0 Å². The molecule has 2 aliphatic rings. The second-order valence-electron chi connectivity index (χ2n) is 6.24. The Morgan fingerprint density at radius 2 is 2.00 bits per heavy atom. The lowest BCUT2D eigenvalue weighted by molar-refractivity contribution is -0.138. The molecule has 0 fully saturated rings. The van der Waals surface area contributed by atoms with Crippen LogP contribution in [0.4, 0.5) is 5.69 Å². The van der Waals surface area contributed by atoms with Crippen LogP contribution < -0.4 is 10.1 Å². The fraction of sp³-hybridized carbons (Fsp3) is 0.263. The third kappa shape index (κ3) is 1.91. The Hall–Kier alpha value is -2.66. The molecule has 2 atom stereocenters. The van der Waals surface area contributed by atoms with Gasteiger partial charge in [-0.25, -0.2) is 0 Å².